The third kappa shape index (κ3) is 5.07. The Morgan fingerprint density at radius 3 is 2.28 bits per heavy atom. The summed E-state index contributed by atoms with van der Waals surface area (Å²) in [7, 11) is 0. The highest BCUT2D eigenvalue weighted by Gasteiger charge is 2.60. The molecule has 4 aliphatic carbocycles. The first kappa shape index (κ1) is 25.2. The fraction of sp³-hybridized carbons (Fsp3) is 0.889. The van der Waals surface area contributed by atoms with Crippen LogP contribution in [0.5, 0.6) is 0 Å². The summed E-state index contributed by atoms with van der Waals surface area (Å²) in [5.74, 6) is 3.36. The normalized spacial score (nSPS) is 40.1. The maximum Gasteiger partial charge on any atom is 0.303 e. The van der Waals surface area contributed by atoms with Gasteiger partial charge in [0.15, 0.2) is 0 Å². The van der Waals surface area contributed by atoms with Gasteiger partial charge in [-0.05, 0) is 99.2 Å². The SMILES string of the molecule is CC(=O)OCCCC(=O)O.CC(=O)[C@H]1CCC2[C@@H]3CCC4CCCC[C@]4(C)C3CC[C@@]21C.[HH].[HH].[HH]. The van der Waals surface area contributed by atoms with Crippen LogP contribution < -0.4 is 0 Å². The molecule has 0 bridgehead atoms. The van der Waals surface area contributed by atoms with Crippen molar-refractivity contribution >= 4 is 17.7 Å². The molecule has 32 heavy (non-hydrogen) atoms. The number of fused-ring (bicyclic) bond motifs is 5. The van der Waals surface area contributed by atoms with E-state index < -0.39 is 5.97 Å². The fourth-order valence-electron chi connectivity index (χ4n) is 8.40. The monoisotopic (exact) mass is 454 g/mol. The first-order valence-corrected chi connectivity index (χ1v) is 12.9. The zero-order chi connectivity index (χ0) is 23.5. The lowest BCUT2D eigenvalue weighted by molar-refractivity contribution is -0.143. The smallest absolute Gasteiger partial charge is 0.303 e. The number of carbonyl (C=O) groups is 3. The summed E-state index contributed by atoms with van der Waals surface area (Å²) in [4.78, 5) is 32.2. The highest BCUT2D eigenvalue weighted by molar-refractivity contribution is 5.79. The van der Waals surface area contributed by atoms with Crippen LogP contribution in [0.25, 0.3) is 0 Å². The summed E-state index contributed by atoms with van der Waals surface area (Å²) in [6.45, 7) is 8.46. The van der Waals surface area contributed by atoms with Crippen LogP contribution in [0.2, 0.25) is 0 Å². The van der Waals surface area contributed by atoms with Gasteiger partial charge in [0, 0.05) is 23.5 Å². The molecule has 0 heterocycles. The van der Waals surface area contributed by atoms with Crippen LogP contribution in [0, 0.1) is 40.4 Å². The van der Waals surface area contributed by atoms with Crippen LogP contribution in [0.1, 0.15) is 109 Å². The Balaban J connectivity index is 0.000000776. The van der Waals surface area contributed by atoms with E-state index in [0.717, 1.165) is 23.7 Å². The molecular weight excluding hydrogens is 404 g/mol. The Morgan fingerprint density at radius 2 is 1.62 bits per heavy atom. The number of hydrogen-bond acceptors (Lipinski definition) is 4. The maximum absolute atomic E-state index is 12.2. The van der Waals surface area contributed by atoms with Gasteiger partial charge in [-0.3, -0.25) is 14.4 Å². The molecule has 5 nitrogen and oxygen atoms in total. The van der Waals surface area contributed by atoms with E-state index in [2.05, 4.69) is 18.6 Å². The maximum atomic E-state index is 12.2. The fourth-order valence-corrected chi connectivity index (χ4v) is 8.40. The molecule has 4 fully saturated rings. The van der Waals surface area contributed by atoms with Gasteiger partial charge >= 0.3 is 11.9 Å². The lowest BCUT2D eigenvalue weighted by Crippen LogP contribution is -2.53. The van der Waals surface area contributed by atoms with E-state index in [1.165, 1.54) is 71.1 Å². The Morgan fingerprint density at radius 1 is 0.906 bits per heavy atom. The highest BCUT2D eigenvalue weighted by atomic mass is 16.5. The topological polar surface area (TPSA) is 80.7 Å². The van der Waals surface area contributed by atoms with Gasteiger partial charge in [0.05, 0.1) is 6.61 Å². The molecule has 3 unspecified atom stereocenters. The second kappa shape index (κ2) is 10.3. The number of esters is 1. The van der Waals surface area contributed by atoms with Gasteiger partial charge in [-0.1, -0.05) is 26.7 Å². The molecule has 0 spiro atoms. The number of carboxylic acid groups (broad SMARTS) is 1. The van der Waals surface area contributed by atoms with Crippen molar-refractivity contribution in [1.29, 1.82) is 0 Å². The van der Waals surface area contributed by atoms with Crippen LogP contribution in [-0.2, 0) is 19.1 Å². The van der Waals surface area contributed by atoms with Crippen molar-refractivity contribution in [3.8, 4) is 0 Å². The van der Waals surface area contributed by atoms with Crippen molar-refractivity contribution in [1.82, 2.24) is 0 Å². The molecule has 4 saturated carbocycles. The van der Waals surface area contributed by atoms with Crippen molar-refractivity contribution < 1.29 is 28.5 Å². The summed E-state index contributed by atoms with van der Waals surface area (Å²) in [5, 5.41) is 8.14. The third-order valence-corrected chi connectivity index (χ3v) is 9.91. The molecule has 0 radical (unpaired) electrons. The quantitative estimate of drug-likeness (QED) is 0.366. The first-order chi connectivity index (χ1) is 15.1. The van der Waals surface area contributed by atoms with E-state index in [1.807, 2.05) is 6.92 Å². The summed E-state index contributed by atoms with van der Waals surface area (Å²) in [6.07, 6.45) is 14.6. The van der Waals surface area contributed by atoms with Crippen molar-refractivity contribution in [2.24, 2.45) is 40.4 Å². The zero-order valence-corrected chi connectivity index (χ0v) is 20.7. The number of aliphatic carboxylic acids is 1. The van der Waals surface area contributed by atoms with E-state index in [1.54, 1.807) is 0 Å². The minimum atomic E-state index is -0.868. The summed E-state index contributed by atoms with van der Waals surface area (Å²) >= 11 is 0. The largest absolute Gasteiger partial charge is 0.481 e. The van der Waals surface area contributed by atoms with E-state index >= 15 is 0 Å². The predicted molar refractivity (Wildman–Crippen MR) is 130 cm³/mol. The molecule has 4 rings (SSSR count). The molecule has 0 aromatic rings. The molecule has 5 heteroatoms. The molecule has 0 aromatic carbocycles. The van der Waals surface area contributed by atoms with E-state index in [9.17, 15) is 14.4 Å². The van der Waals surface area contributed by atoms with Crippen LogP contribution in [0.4, 0.5) is 0 Å². The highest BCUT2D eigenvalue weighted by Crippen LogP contribution is 2.67. The lowest BCUT2D eigenvalue weighted by Gasteiger charge is -2.60. The molecule has 0 saturated heterocycles. The molecule has 7 atom stereocenters. The minimum absolute atomic E-state index is 0. The summed E-state index contributed by atoms with van der Waals surface area (Å²) in [5.41, 5.74) is 0.974. The van der Waals surface area contributed by atoms with Crippen molar-refractivity contribution in [2.45, 2.75) is 105 Å². The Bertz CT molecular complexity index is 701. The number of carboxylic acids is 1. The molecular formula is C27H50O5. The van der Waals surface area contributed by atoms with Crippen LogP contribution in [0.3, 0.4) is 0 Å². The molecule has 1 N–H and O–H groups in total. The molecule has 4 aliphatic rings. The number of hydrogen-bond donors (Lipinski definition) is 1. The average Bonchev–Trinajstić information content (AvgIpc) is 3.08. The number of ether oxygens (including phenoxy) is 1. The number of rotatable bonds is 5. The van der Waals surface area contributed by atoms with Gasteiger partial charge in [0.1, 0.15) is 5.78 Å². The van der Waals surface area contributed by atoms with Gasteiger partial charge in [-0.15, -0.1) is 0 Å². The predicted octanol–water partition coefficient (Wildman–Crippen LogP) is 6.78. The second-order valence-corrected chi connectivity index (χ2v) is 11.5. The standard InChI is InChI=1S/C21H34O.C6H10O4.3H2/c1-14(22)17-9-10-18-16-8-7-15-6-4-5-12-20(15,2)19(16)11-13-21(17,18)3;1-5(7)10-4-2-3-6(8)9;;;/h15-19H,4-13H2,1-3H3;2-4H2,1H3,(H,8,9);3*1H/t15?,16-,17+,18?,19?,20-,21+;;;;/m0..../s1. The average molecular weight is 455 g/mol. The van der Waals surface area contributed by atoms with Crippen molar-refractivity contribution in [3.05, 3.63) is 0 Å². The van der Waals surface area contributed by atoms with Crippen molar-refractivity contribution in [3.63, 3.8) is 0 Å². The number of carbonyl (C=O) groups excluding carboxylic acids is 2. The van der Waals surface area contributed by atoms with Crippen LogP contribution in [0.15, 0.2) is 0 Å². The van der Waals surface area contributed by atoms with E-state index in [-0.39, 0.29) is 23.3 Å². The van der Waals surface area contributed by atoms with Gasteiger partial charge < -0.3 is 9.84 Å². The van der Waals surface area contributed by atoms with Gasteiger partial charge in [-0.25, -0.2) is 0 Å². The minimum Gasteiger partial charge on any atom is -0.481 e. The number of ketones is 1. The zero-order valence-electron chi connectivity index (χ0n) is 20.7. The Hall–Kier alpha value is -1.39. The van der Waals surface area contributed by atoms with Gasteiger partial charge in [0.2, 0.25) is 0 Å². The Labute approximate surface area is 198 Å². The van der Waals surface area contributed by atoms with Crippen LogP contribution in [-0.4, -0.2) is 29.4 Å². The van der Waals surface area contributed by atoms with E-state index in [0.29, 0.717) is 29.0 Å². The molecule has 188 valence electrons. The second-order valence-electron chi connectivity index (χ2n) is 11.5. The first-order valence-electron chi connectivity index (χ1n) is 12.9. The van der Waals surface area contributed by atoms with Gasteiger partial charge in [0.25, 0.3) is 0 Å². The lowest BCUT2D eigenvalue weighted by atomic mass is 9.45. The van der Waals surface area contributed by atoms with Crippen LogP contribution >= 0.6 is 0 Å². The molecule has 0 amide bonds. The third-order valence-electron chi connectivity index (χ3n) is 9.91. The number of Topliss-reactive ketones (excluding diaryl/α,β-unsaturated/α-hetero) is 1. The molecule has 0 aliphatic heterocycles. The van der Waals surface area contributed by atoms with Gasteiger partial charge in [-0.2, -0.15) is 0 Å². The summed E-state index contributed by atoms with van der Waals surface area (Å²) < 4.78 is 4.49. The molecule has 0 aromatic heterocycles. The Kier molecular flexibility index (Phi) is 8.09. The summed E-state index contributed by atoms with van der Waals surface area (Å²) in [6, 6.07) is 0. The van der Waals surface area contributed by atoms with Crippen molar-refractivity contribution in [2.75, 3.05) is 6.61 Å². The van der Waals surface area contributed by atoms with E-state index in [4.69, 9.17) is 5.11 Å².